The Morgan fingerprint density at radius 3 is 2.46 bits per heavy atom. The molecule has 0 N–H and O–H groups in total. The molecule has 2 atom stereocenters. The smallest absolute Gasteiger partial charge is 0.332 e. The van der Waals surface area contributed by atoms with E-state index in [1.165, 1.54) is 13.2 Å². The molecule has 1 aliphatic carbocycles. The maximum Gasteiger partial charge on any atom is 0.332 e. The second-order valence-electron chi connectivity index (χ2n) is 10.0. The third kappa shape index (κ3) is 7.59. The first-order valence-corrected chi connectivity index (χ1v) is 12.6. The number of rotatable bonds is 12. The number of ether oxygens (including phenoxy) is 4. The average Bonchev–Trinajstić information content (AvgIpc) is 2.85. The van der Waals surface area contributed by atoms with Crippen LogP contribution >= 0.6 is 12.4 Å². The third-order valence-electron chi connectivity index (χ3n) is 7.22. The Bertz CT molecular complexity index is 1030. The summed E-state index contributed by atoms with van der Waals surface area (Å²) < 4.78 is 36.0. The highest BCUT2D eigenvalue weighted by Crippen LogP contribution is 2.48. The van der Waals surface area contributed by atoms with E-state index in [-0.39, 0.29) is 42.6 Å². The highest BCUT2D eigenvalue weighted by Gasteiger charge is 2.47. The number of esters is 1. The Morgan fingerprint density at radius 1 is 1.08 bits per heavy atom. The van der Waals surface area contributed by atoms with E-state index < -0.39 is 5.60 Å². The molecule has 0 aromatic heterocycles. The number of carbonyl (C=O) groups is 1. The van der Waals surface area contributed by atoms with E-state index in [1.807, 2.05) is 18.2 Å². The topological polar surface area (TPSA) is 57.2 Å². The van der Waals surface area contributed by atoms with Gasteiger partial charge in [-0.2, -0.15) is 0 Å². The summed E-state index contributed by atoms with van der Waals surface area (Å²) in [7, 11) is 6.85. The lowest BCUT2D eigenvalue weighted by molar-refractivity contribution is -0.172. The molecule has 0 bridgehead atoms. The van der Waals surface area contributed by atoms with Crippen molar-refractivity contribution in [2.24, 2.45) is 5.92 Å². The fraction of sp³-hybridized carbons (Fsp3) is 0.552. The van der Waals surface area contributed by atoms with Crippen LogP contribution in [0.15, 0.2) is 36.4 Å². The van der Waals surface area contributed by atoms with Crippen molar-refractivity contribution in [1.29, 1.82) is 0 Å². The minimum Gasteiger partial charge on any atom is -0.493 e. The van der Waals surface area contributed by atoms with Crippen molar-refractivity contribution >= 4 is 18.4 Å². The van der Waals surface area contributed by atoms with Crippen LogP contribution in [0.25, 0.3) is 0 Å². The summed E-state index contributed by atoms with van der Waals surface area (Å²) in [5, 5.41) is 0. The van der Waals surface area contributed by atoms with Crippen LogP contribution in [0, 0.1) is 11.7 Å². The molecule has 1 aliphatic rings. The van der Waals surface area contributed by atoms with E-state index in [0.717, 1.165) is 42.0 Å². The van der Waals surface area contributed by atoms with E-state index in [4.69, 9.17) is 18.9 Å². The van der Waals surface area contributed by atoms with Crippen molar-refractivity contribution in [3.8, 4) is 11.5 Å². The van der Waals surface area contributed by atoms with Crippen LogP contribution in [0.5, 0.6) is 11.5 Å². The molecule has 0 saturated carbocycles. The van der Waals surface area contributed by atoms with Crippen molar-refractivity contribution in [3.05, 3.63) is 58.9 Å². The molecule has 206 valence electrons. The lowest BCUT2D eigenvalue weighted by Crippen LogP contribution is -2.49. The number of methoxy groups -OCH3 is 3. The Balaban J connectivity index is 0.00000481. The van der Waals surface area contributed by atoms with Crippen LogP contribution < -0.4 is 9.47 Å². The molecule has 0 saturated heterocycles. The number of hydrogen-bond donors (Lipinski definition) is 0. The molecular weight excluding hydrogens is 497 g/mol. The normalized spacial score (nSPS) is 18.8. The van der Waals surface area contributed by atoms with Crippen LogP contribution in [0.3, 0.4) is 0 Å². The molecule has 0 heterocycles. The summed E-state index contributed by atoms with van der Waals surface area (Å²) in [4.78, 5) is 14.9. The van der Waals surface area contributed by atoms with Crippen molar-refractivity contribution in [1.82, 2.24) is 4.90 Å². The first kappa shape index (κ1) is 30.9. The van der Waals surface area contributed by atoms with Gasteiger partial charge in [-0.15, -0.1) is 12.4 Å². The average molecular weight is 538 g/mol. The Kier molecular flexibility index (Phi) is 11.7. The van der Waals surface area contributed by atoms with E-state index >= 15 is 0 Å². The van der Waals surface area contributed by atoms with Crippen molar-refractivity contribution < 1.29 is 28.1 Å². The zero-order chi connectivity index (χ0) is 26.3. The molecule has 37 heavy (non-hydrogen) atoms. The van der Waals surface area contributed by atoms with Gasteiger partial charge >= 0.3 is 5.97 Å². The van der Waals surface area contributed by atoms with Gasteiger partial charge in [0.1, 0.15) is 18.0 Å². The maximum atomic E-state index is 14.0. The number of nitrogens with zero attached hydrogens (tertiary/aromatic N) is 1. The van der Waals surface area contributed by atoms with Gasteiger partial charge < -0.3 is 23.8 Å². The van der Waals surface area contributed by atoms with Gasteiger partial charge in [-0.1, -0.05) is 26.0 Å². The molecule has 0 aliphatic heterocycles. The lowest BCUT2D eigenvalue weighted by atomic mass is 9.65. The Hall–Kier alpha value is -2.35. The van der Waals surface area contributed by atoms with Crippen LogP contribution in [-0.4, -0.2) is 64.5 Å². The standard InChI is InChI=1S/C29H40FNO5.ClH/c1-20(2)28-24-9-8-23(30)18-22(24)11-13-29(28,36-27(32)19-33-4)14-16-31(3)15-12-21-7-10-25(34-5)26(17-21)35-6;/h7-10,17-18,20,28H,11-16,19H2,1-6H3;1H/t28-,29-;/m1./s1. The highest BCUT2D eigenvalue weighted by atomic mass is 35.5. The lowest BCUT2D eigenvalue weighted by Gasteiger charge is -2.47. The minimum absolute atomic E-state index is 0. The molecule has 0 radical (unpaired) electrons. The van der Waals surface area contributed by atoms with E-state index in [0.29, 0.717) is 25.0 Å². The van der Waals surface area contributed by atoms with Crippen LogP contribution in [0.2, 0.25) is 0 Å². The van der Waals surface area contributed by atoms with Gasteiger partial charge in [0.05, 0.1) is 14.2 Å². The van der Waals surface area contributed by atoms with E-state index in [1.54, 1.807) is 20.3 Å². The third-order valence-corrected chi connectivity index (χ3v) is 7.22. The van der Waals surface area contributed by atoms with Gasteiger partial charge in [0.25, 0.3) is 0 Å². The number of fused-ring (bicyclic) bond motifs is 1. The number of likely N-dealkylation sites (N-methyl/N-ethyl adjacent to an activating group) is 1. The molecule has 0 unspecified atom stereocenters. The van der Waals surface area contributed by atoms with Gasteiger partial charge in [-0.05, 0) is 73.2 Å². The molecule has 0 amide bonds. The van der Waals surface area contributed by atoms with Gasteiger partial charge in [0.15, 0.2) is 11.5 Å². The van der Waals surface area contributed by atoms with E-state index in [9.17, 15) is 9.18 Å². The molecule has 8 heteroatoms. The summed E-state index contributed by atoms with van der Waals surface area (Å²) in [6.45, 7) is 5.79. The number of hydrogen-bond acceptors (Lipinski definition) is 6. The zero-order valence-corrected chi connectivity index (χ0v) is 23.7. The molecular formula is C29H41ClFNO5. The van der Waals surface area contributed by atoms with E-state index in [2.05, 4.69) is 31.9 Å². The number of carbonyl (C=O) groups excluding carboxylic acids is 1. The first-order chi connectivity index (χ1) is 17.2. The maximum absolute atomic E-state index is 14.0. The number of halogens is 2. The summed E-state index contributed by atoms with van der Waals surface area (Å²) >= 11 is 0. The molecule has 0 spiro atoms. The fourth-order valence-corrected chi connectivity index (χ4v) is 5.51. The molecule has 3 rings (SSSR count). The minimum atomic E-state index is -0.674. The molecule has 6 nitrogen and oxygen atoms in total. The molecule has 2 aromatic rings. The Morgan fingerprint density at radius 2 is 1.81 bits per heavy atom. The Labute approximate surface area is 226 Å². The van der Waals surface area contributed by atoms with Crippen molar-refractivity contribution in [3.63, 3.8) is 0 Å². The number of aryl methyl sites for hydroxylation is 1. The zero-order valence-electron chi connectivity index (χ0n) is 22.8. The first-order valence-electron chi connectivity index (χ1n) is 12.6. The predicted octanol–water partition coefficient (Wildman–Crippen LogP) is 5.44. The fourth-order valence-electron chi connectivity index (χ4n) is 5.51. The predicted molar refractivity (Wildman–Crippen MR) is 146 cm³/mol. The SMILES string of the molecule is COCC(=O)O[C@@]1(CCN(C)CCc2ccc(OC)c(OC)c2)CCc2cc(F)ccc2[C@H]1C(C)C.Cl. The van der Waals surface area contributed by atoms with Gasteiger partial charge in [-0.3, -0.25) is 0 Å². The van der Waals surface area contributed by atoms with Crippen LogP contribution in [0.1, 0.15) is 49.3 Å². The quantitative estimate of drug-likeness (QED) is 0.336. The number of benzene rings is 2. The molecule has 2 aromatic carbocycles. The summed E-state index contributed by atoms with van der Waals surface area (Å²) in [5.41, 5.74) is 2.57. The second-order valence-corrected chi connectivity index (χ2v) is 10.0. The second kappa shape index (κ2) is 14.0. The van der Waals surface area contributed by atoms with Gasteiger partial charge in [-0.25, -0.2) is 9.18 Å². The molecule has 0 fully saturated rings. The van der Waals surface area contributed by atoms with Gasteiger partial charge in [0, 0.05) is 32.5 Å². The highest BCUT2D eigenvalue weighted by molar-refractivity contribution is 5.85. The summed E-state index contributed by atoms with van der Waals surface area (Å²) in [5.74, 6) is 1.03. The summed E-state index contributed by atoms with van der Waals surface area (Å²) in [6.07, 6.45) is 2.87. The summed E-state index contributed by atoms with van der Waals surface area (Å²) in [6, 6.07) is 11.0. The van der Waals surface area contributed by atoms with Crippen molar-refractivity contribution in [2.45, 2.75) is 51.0 Å². The monoisotopic (exact) mass is 537 g/mol. The van der Waals surface area contributed by atoms with Crippen LogP contribution in [-0.2, 0) is 27.1 Å². The van der Waals surface area contributed by atoms with Crippen molar-refractivity contribution in [2.75, 3.05) is 48.1 Å². The van der Waals surface area contributed by atoms with Gasteiger partial charge in [0.2, 0.25) is 0 Å². The largest absolute Gasteiger partial charge is 0.493 e. The van der Waals surface area contributed by atoms with Crippen LogP contribution in [0.4, 0.5) is 4.39 Å².